The lowest BCUT2D eigenvalue weighted by atomic mass is 10.2. The molecule has 0 aliphatic rings. The summed E-state index contributed by atoms with van der Waals surface area (Å²) < 4.78 is 0. The Morgan fingerprint density at radius 2 is 2.45 bits per heavy atom. The lowest BCUT2D eigenvalue weighted by molar-refractivity contribution is -0.120. The average Bonchev–Trinajstić information content (AvgIpc) is 2.01. The lowest BCUT2D eigenvalue weighted by Crippen LogP contribution is -2.28. The Hall–Kier alpha value is -0.830. The molecule has 0 fully saturated rings. The summed E-state index contributed by atoms with van der Waals surface area (Å²) in [5.74, 6) is 0.0871. The van der Waals surface area contributed by atoms with Crippen molar-refractivity contribution in [1.82, 2.24) is 5.32 Å². The molecule has 0 radical (unpaired) electrons. The van der Waals surface area contributed by atoms with Crippen LogP contribution in [-0.4, -0.2) is 24.2 Å². The van der Waals surface area contributed by atoms with Gasteiger partial charge >= 0.3 is 0 Å². The van der Waals surface area contributed by atoms with Gasteiger partial charge in [-0.25, -0.2) is 0 Å². The Balaban J connectivity index is 3.37. The molecule has 3 nitrogen and oxygen atoms in total. The normalized spacial score (nSPS) is 12.2. The molecule has 0 aliphatic carbocycles. The molecule has 2 N–H and O–H groups in total. The maximum Gasteiger partial charge on any atom is 0.223 e. The summed E-state index contributed by atoms with van der Waals surface area (Å²) in [5.41, 5.74) is 0. The fourth-order valence-electron chi connectivity index (χ4n) is 0.556. The molecule has 0 rings (SSSR count). The van der Waals surface area contributed by atoms with Gasteiger partial charge in [0.15, 0.2) is 0 Å². The highest BCUT2D eigenvalue weighted by Gasteiger charge is 2.01. The number of carbonyl (C=O) groups excluding carboxylic acids is 1. The molecule has 0 saturated heterocycles. The molecular weight excluding hydrogens is 142 g/mol. The number of aliphatic hydroxyl groups is 1. The average molecular weight is 157 g/mol. The van der Waals surface area contributed by atoms with Gasteiger partial charge in [0.25, 0.3) is 0 Å². The number of amides is 1. The Morgan fingerprint density at radius 1 is 1.82 bits per heavy atom. The summed E-state index contributed by atoms with van der Waals surface area (Å²) in [5, 5.41) is 11.3. The van der Waals surface area contributed by atoms with Gasteiger partial charge in [-0.3, -0.25) is 4.79 Å². The van der Waals surface area contributed by atoms with Crippen LogP contribution in [0.3, 0.4) is 0 Å². The minimum atomic E-state index is -0.0414. The maximum absolute atomic E-state index is 10.8. The lowest BCUT2D eigenvalue weighted by Gasteiger charge is -2.07. The van der Waals surface area contributed by atoms with Crippen molar-refractivity contribution in [2.45, 2.75) is 13.3 Å². The van der Waals surface area contributed by atoms with E-state index < -0.39 is 0 Å². The van der Waals surface area contributed by atoms with E-state index in [-0.39, 0.29) is 18.4 Å². The highest BCUT2D eigenvalue weighted by molar-refractivity contribution is 5.77. The van der Waals surface area contributed by atoms with Crippen molar-refractivity contribution >= 4 is 5.91 Å². The minimum Gasteiger partial charge on any atom is -0.396 e. The van der Waals surface area contributed by atoms with Gasteiger partial charge in [0.2, 0.25) is 5.91 Å². The molecule has 11 heavy (non-hydrogen) atoms. The minimum absolute atomic E-state index is 0.0414. The van der Waals surface area contributed by atoms with Crippen LogP contribution in [0.5, 0.6) is 0 Å². The molecular formula is C8H15NO2. The molecule has 0 spiro atoms. The predicted octanol–water partition coefficient (Wildman–Crippen LogP) is 0.307. The molecule has 64 valence electrons. The van der Waals surface area contributed by atoms with Crippen LogP contribution in [0.1, 0.15) is 13.3 Å². The molecule has 0 aromatic carbocycles. The van der Waals surface area contributed by atoms with E-state index >= 15 is 0 Å². The molecule has 1 atom stereocenters. The molecule has 1 amide bonds. The summed E-state index contributed by atoms with van der Waals surface area (Å²) in [4.78, 5) is 10.8. The molecule has 0 bridgehead atoms. The predicted molar refractivity (Wildman–Crippen MR) is 44.1 cm³/mol. The largest absolute Gasteiger partial charge is 0.396 e. The first-order valence-corrected chi connectivity index (χ1v) is 3.69. The molecule has 0 aromatic rings. The van der Waals surface area contributed by atoms with Crippen molar-refractivity contribution in [3.63, 3.8) is 0 Å². The van der Waals surface area contributed by atoms with Gasteiger partial charge in [-0.15, -0.1) is 6.58 Å². The number of rotatable bonds is 5. The third-order valence-electron chi connectivity index (χ3n) is 1.29. The van der Waals surface area contributed by atoms with Crippen LogP contribution in [0.25, 0.3) is 0 Å². The highest BCUT2D eigenvalue weighted by Crippen LogP contribution is 1.89. The second-order valence-electron chi connectivity index (χ2n) is 2.58. The molecule has 1 unspecified atom stereocenters. The summed E-state index contributed by atoms with van der Waals surface area (Å²) in [6.07, 6.45) is 1.90. The second-order valence-corrected chi connectivity index (χ2v) is 2.58. The van der Waals surface area contributed by atoms with Crippen LogP contribution in [0.4, 0.5) is 0 Å². The van der Waals surface area contributed by atoms with E-state index in [1.54, 1.807) is 6.08 Å². The van der Waals surface area contributed by atoms with Gasteiger partial charge in [-0.05, 0) is 5.92 Å². The molecule has 0 heterocycles. The summed E-state index contributed by atoms with van der Waals surface area (Å²) in [7, 11) is 0. The van der Waals surface area contributed by atoms with Crippen LogP contribution in [0.2, 0.25) is 0 Å². The smallest absolute Gasteiger partial charge is 0.223 e. The number of carbonyl (C=O) groups is 1. The van der Waals surface area contributed by atoms with Gasteiger partial charge < -0.3 is 10.4 Å². The van der Waals surface area contributed by atoms with E-state index in [9.17, 15) is 4.79 Å². The van der Waals surface area contributed by atoms with Crippen LogP contribution in [-0.2, 0) is 4.79 Å². The number of hydrogen-bond acceptors (Lipinski definition) is 2. The van der Waals surface area contributed by atoms with Gasteiger partial charge in [-0.1, -0.05) is 13.0 Å². The second kappa shape index (κ2) is 5.92. The van der Waals surface area contributed by atoms with E-state index in [1.807, 2.05) is 6.92 Å². The van der Waals surface area contributed by atoms with Crippen molar-refractivity contribution in [3.05, 3.63) is 12.7 Å². The first-order chi connectivity index (χ1) is 5.20. The van der Waals surface area contributed by atoms with Crippen molar-refractivity contribution in [2.24, 2.45) is 5.92 Å². The monoisotopic (exact) mass is 157 g/mol. The zero-order valence-electron chi connectivity index (χ0n) is 6.84. The van der Waals surface area contributed by atoms with E-state index in [0.717, 1.165) is 0 Å². The Kier molecular flexibility index (Phi) is 5.47. The number of nitrogens with one attached hydrogen (secondary N) is 1. The van der Waals surface area contributed by atoms with Crippen molar-refractivity contribution < 1.29 is 9.90 Å². The standard InChI is InChI=1S/C8H15NO2/c1-3-4-8(11)9-5-7(2)6-10/h3,7,10H,1,4-6H2,2H3,(H,9,11). The van der Waals surface area contributed by atoms with E-state index in [4.69, 9.17) is 5.11 Å². The summed E-state index contributed by atoms with van der Waals surface area (Å²) in [6, 6.07) is 0. The van der Waals surface area contributed by atoms with Crippen LogP contribution >= 0.6 is 0 Å². The molecule has 3 heteroatoms. The van der Waals surface area contributed by atoms with Crippen molar-refractivity contribution in [2.75, 3.05) is 13.2 Å². The van der Waals surface area contributed by atoms with E-state index in [0.29, 0.717) is 13.0 Å². The summed E-state index contributed by atoms with van der Waals surface area (Å²) >= 11 is 0. The van der Waals surface area contributed by atoms with Gasteiger partial charge in [0, 0.05) is 19.6 Å². The molecule has 0 saturated carbocycles. The highest BCUT2D eigenvalue weighted by atomic mass is 16.3. The Labute approximate surface area is 67.1 Å². The van der Waals surface area contributed by atoms with Gasteiger partial charge in [-0.2, -0.15) is 0 Å². The van der Waals surface area contributed by atoms with Crippen LogP contribution in [0, 0.1) is 5.92 Å². The van der Waals surface area contributed by atoms with Crippen molar-refractivity contribution in [3.8, 4) is 0 Å². The van der Waals surface area contributed by atoms with Crippen LogP contribution < -0.4 is 5.32 Å². The fraction of sp³-hybridized carbons (Fsp3) is 0.625. The number of aliphatic hydroxyl groups excluding tert-OH is 1. The van der Waals surface area contributed by atoms with E-state index in [2.05, 4.69) is 11.9 Å². The number of hydrogen-bond donors (Lipinski definition) is 2. The summed E-state index contributed by atoms with van der Waals surface area (Å²) in [6.45, 7) is 5.94. The van der Waals surface area contributed by atoms with Gasteiger partial charge in [0.05, 0.1) is 0 Å². The van der Waals surface area contributed by atoms with Crippen LogP contribution in [0.15, 0.2) is 12.7 Å². The van der Waals surface area contributed by atoms with Crippen molar-refractivity contribution in [1.29, 1.82) is 0 Å². The maximum atomic E-state index is 10.8. The van der Waals surface area contributed by atoms with Gasteiger partial charge in [0.1, 0.15) is 0 Å². The Bertz CT molecular complexity index is 134. The fourth-order valence-corrected chi connectivity index (χ4v) is 0.556. The third kappa shape index (κ3) is 5.61. The molecule has 0 aromatic heterocycles. The SMILES string of the molecule is C=CCC(=O)NCC(C)CO. The quantitative estimate of drug-likeness (QED) is 0.564. The van der Waals surface area contributed by atoms with E-state index in [1.165, 1.54) is 0 Å². The third-order valence-corrected chi connectivity index (χ3v) is 1.29. The topological polar surface area (TPSA) is 49.3 Å². The molecule has 0 aliphatic heterocycles. The first-order valence-electron chi connectivity index (χ1n) is 3.69. The Morgan fingerprint density at radius 3 is 2.91 bits per heavy atom. The zero-order valence-corrected chi connectivity index (χ0v) is 6.84. The first kappa shape index (κ1) is 10.2. The zero-order chi connectivity index (χ0) is 8.69.